The van der Waals surface area contributed by atoms with E-state index in [1.165, 1.54) is 0 Å². The third-order valence-electron chi connectivity index (χ3n) is 0.988. The lowest BCUT2D eigenvalue weighted by molar-refractivity contribution is -0.134. The number of hydrazine groups is 1. The van der Waals surface area contributed by atoms with Gasteiger partial charge in [0.05, 0.1) is 6.10 Å². The Bertz CT molecular complexity index is 114. The number of hydrogen-bond donors (Lipinski definition) is 2. The molecule has 0 unspecified atom stereocenters. The van der Waals surface area contributed by atoms with Crippen LogP contribution in [0.2, 0.25) is 0 Å². The minimum Gasteiger partial charge on any atom is -0.366 e. The standard InChI is InChI=1S/C6H14N2O2/c1-4(2)10-5(3)6(9)8-7/h4-5H,7H2,1-3H3,(H,8,9)/t5-/m0/s1. The zero-order valence-corrected chi connectivity index (χ0v) is 6.55. The van der Waals surface area contributed by atoms with Crippen molar-refractivity contribution in [1.29, 1.82) is 0 Å². The van der Waals surface area contributed by atoms with E-state index in [2.05, 4.69) is 0 Å². The van der Waals surface area contributed by atoms with Gasteiger partial charge in [-0.2, -0.15) is 0 Å². The van der Waals surface area contributed by atoms with Crippen molar-refractivity contribution in [2.75, 3.05) is 0 Å². The summed E-state index contributed by atoms with van der Waals surface area (Å²) in [5.74, 6) is 4.57. The fraction of sp³-hybridized carbons (Fsp3) is 0.833. The van der Waals surface area contributed by atoms with Gasteiger partial charge in [-0.05, 0) is 20.8 Å². The lowest BCUT2D eigenvalue weighted by Crippen LogP contribution is -2.39. The van der Waals surface area contributed by atoms with Crippen LogP contribution in [0.3, 0.4) is 0 Å². The molecule has 60 valence electrons. The minimum atomic E-state index is -0.468. The van der Waals surface area contributed by atoms with Crippen LogP contribution < -0.4 is 11.3 Å². The summed E-state index contributed by atoms with van der Waals surface area (Å²) in [4.78, 5) is 10.7. The van der Waals surface area contributed by atoms with E-state index < -0.39 is 6.10 Å². The first kappa shape index (κ1) is 9.39. The molecule has 0 aromatic carbocycles. The van der Waals surface area contributed by atoms with Crippen molar-refractivity contribution in [3.05, 3.63) is 0 Å². The zero-order chi connectivity index (χ0) is 8.15. The summed E-state index contributed by atoms with van der Waals surface area (Å²) >= 11 is 0. The Morgan fingerprint density at radius 2 is 2.00 bits per heavy atom. The fourth-order valence-electron chi connectivity index (χ4n) is 0.587. The molecule has 1 amide bonds. The second-order valence-corrected chi connectivity index (χ2v) is 2.34. The molecule has 0 aliphatic heterocycles. The van der Waals surface area contributed by atoms with Crippen molar-refractivity contribution < 1.29 is 9.53 Å². The van der Waals surface area contributed by atoms with Gasteiger partial charge in [-0.15, -0.1) is 0 Å². The quantitative estimate of drug-likeness (QED) is 0.329. The van der Waals surface area contributed by atoms with E-state index in [-0.39, 0.29) is 12.0 Å². The van der Waals surface area contributed by atoms with Crippen LogP contribution in [0.5, 0.6) is 0 Å². The molecule has 1 atom stereocenters. The number of carbonyl (C=O) groups is 1. The lowest BCUT2D eigenvalue weighted by Gasteiger charge is -2.13. The molecule has 0 heterocycles. The molecule has 0 fully saturated rings. The van der Waals surface area contributed by atoms with Gasteiger partial charge >= 0.3 is 0 Å². The molecule has 0 spiro atoms. The second-order valence-electron chi connectivity index (χ2n) is 2.34. The molecule has 0 aliphatic rings. The molecule has 3 N–H and O–H groups in total. The van der Waals surface area contributed by atoms with Crippen molar-refractivity contribution in [2.45, 2.75) is 33.0 Å². The van der Waals surface area contributed by atoms with Gasteiger partial charge in [0.25, 0.3) is 5.91 Å². The van der Waals surface area contributed by atoms with Crippen LogP contribution in [0.1, 0.15) is 20.8 Å². The smallest absolute Gasteiger partial charge is 0.262 e. The third-order valence-corrected chi connectivity index (χ3v) is 0.988. The Balaban J connectivity index is 3.61. The highest BCUT2D eigenvalue weighted by Gasteiger charge is 2.12. The summed E-state index contributed by atoms with van der Waals surface area (Å²) in [6, 6.07) is 0. The van der Waals surface area contributed by atoms with Crippen LogP contribution in [-0.2, 0) is 9.53 Å². The predicted octanol–water partition coefficient (Wildman–Crippen LogP) is -0.210. The predicted molar refractivity (Wildman–Crippen MR) is 38.0 cm³/mol. The first-order chi connectivity index (χ1) is 4.57. The van der Waals surface area contributed by atoms with Crippen LogP contribution in [0.4, 0.5) is 0 Å². The van der Waals surface area contributed by atoms with Crippen LogP contribution in [0.15, 0.2) is 0 Å². The maximum absolute atomic E-state index is 10.7. The number of carbonyl (C=O) groups excluding carboxylic acids is 1. The van der Waals surface area contributed by atoms with Gasteiger partial charge in [0.15, 0.2) is 0 Å². The minimum absolute atomic E-state index is 0.0484. The second kappa shape index (κ2) is 4.24. The Kier molecular flexibility index (Phi) is 3.99. The summed E-state index contributed by atoms with van der Waals surface area (Å²) in [5.41, 5.74) is 2.01. The van der Waals surface area contributed by atoms with Gasteiger partial charge < -0.3 is 4.74 Å². The largest absolute Gasteiger partial charge is 0.366 e. The summed E-state index contributed by atoms with van der Waals surface area (Å²) < 4.78 is 5.11. The van der Waals surface area contributed by atoms with E-state index in [1.807, 2.05) is 19.3 Å². The van der Waals surface area contributed by atoms with Crippen LogP contribution in [0.25, 0.3) is 0 Å². The fourth-order valence-corrected chi connectivity index (χ4v) is 0.587. The van der Waals surface area contributed by atoms with Gasteiger partial charge in [0.2, 0.25) is 0 Å². The maximum Gasteiger partial charge on any atom is 0.262 e. The molecule has 0 rings (SSSR count). The summed E-state index contributed by atoms with van der Waals surface area (Å²) in [5, 5.41) is 0. The van der Waals surface area contributed by atoms with Crippen molar-refractivity contribution >= 4 is 5.91 Å². The number of amides is 1. The monoisotopic (exact) mass is 146 g/mol. The average Bonchev–Trinajstić information content (AvgIpc) is 1.85. The maximum atomic E-state index is 10.7. The summed E-state index contributed by atoms with van der Waals surface area (Å²) in [7, 11) is 0. The van der Waals surface area contributed by atoms with Gasteiger partial charge in [0.1, 0.15) is 6.10 Å². The van der Waals surface area contributed by atoms with Crippen molar-refractivity contribution in [1.82, 2.24) is 5.43 Å². The number of nitrogens with one attached hydrogen (secondary N) is 1. The highest BCUT2D eigenvalue weighted by atomic mass is 16.5. The molecule has 0 saturated carbocycles. The van der Waals surface area contributed by atoms with E-state index in [9.17, 15) is 4.79 Å². The van der Waals surface area contributed by atoms with Gasteiger partial charge in [-0.25, -0.2) is 5.84 Å². The van der Waals surface area contributed by atoms with E-state index in [4.69, 9.17) is 10.6 Å². The Hall–Kier alpha value is -0.610. The molecule has 0 aromatic rings. The van der Waals surface area contributed by atoms with E-state index in [0.717, 1.165) is 0 Å². The molecular weight excluding hydrogens is 132 g/mol. The van der Waals surface area contributed by atoms with E-state index in [0.29, 0.717) is 0 Å². The van der Waals surface area contributed by atoms with E-state index in [1.54, 1.807) is 6.92 Å². The first-order valence-electron chi connectivity index (χ1n) is 3.23. The third kappa shape index (κ3) is 3.42. The average molecular weight is 146 g/mol. The SMILES string of the molecule is CC(C)O[C@@H](C)C(=O)NN. The lowest BCUT2D eigenvalue weighted by atomic mass is 10.3. The van der Waals surface area contributed by atoms with Crippen LogP contribution >= 0.6 is 0 Å². The highest BCUT2D eigenvalue weighted by Crippen LogP contribution is 1.95. The first-order valence-corrected chi connectivity index (χ1v) is 3.23. The molecule has 0 radical (unpaired) electrons. The number of nitrogens with two attached hydrogens (primary N) is 1. The molecular formula is C6H14N2O2. The normalized spacial score (nSPS) is 13.3. The molecule has 10 heavy (non-hydrogen) atoms. The number of ether oxygens (including phenoxy) is 1. The molecule has 4 nitrogen and oxygen atoms in total. The number of hydrogen-bond acceptors (Lipinski definition) is 3. The van der Waals surface area contributed by atoms with Crippen LogP contribution in [-0.4, -0.2) is 18.1 Å². The Labute approximate surface area is 60.7 Å². The van der Waals surface area contributed by atoms with E-state index >= 15 is 0 Å². The summed E-state index contributed by atoms with van der Waals surface area (Å²) in [6.45, 7) is 5.38. The summed E-state index contributed by atoms with van der Waals surface area (Å²) in [6.07, 6.45) is -0.419. The molecule has 0 aromatic heterocycles. The number of rotatable bonds is 3. The topological polar surface area (TPSA) is 64.3 Å². The van der Waals surface area contributed by atoms with Gasteiger partial charge in [0, 0.05) is 0 Å². The molecule has 4 heteroatoms. The van der Waals surface area contributed by atoms with Crippen molar-refractivity contribution in [3.8, 4) is 0 Å². The van der Waals surface area contributed by atoms with Gasteiger partial charge in [-0.1, -0.05) is 0 Å². The molecule has 0 aliphatic carbocycles. The molecule has 0 bridgehead atoms. The van der Waals surface area contributed by atoms with Crippen molar-refractivity contribution in [2.24, 2.45) is 5.84 Å². The van der Waals surface area contributed by atoms with Gasteiger partial charge in [-0.3, -0.25) is 10.2 Å². The Morgan fingerprint density at radius 1 is 1.50 bits per heavy atom. The molecule has 0 saturated heterocycles. The Morgan fingerprint density at radius 3 is 2.30 bits per heavy atom. The van der Waals surface area contributed by atoms with Crippen LogP contribution in [0, 0.1) is 0 Å². The van der Waals surface area contributed by atoms with Crippen molar-refractivity contribution in [3.63, 3.8) is 0 Å². The zero-order valence-electron chi connectivity index (χ0n) is 6.55. The highest BCUT2D eigenvalue weighted by molar-refractivity contribution is 5.79.